The molecule has 1 aliphatic rings. The molecule has 0 spiro atoms. The standard InChI is InChI=1S/C16H31NO2S/c1-5-10-17-16(3,15(18)19-4)11-13(2)20-12-14-8-6-7-9-14/h13-14,17H,5-12H2,1-4H3. The molecular weight excluding hydrogens is 270 g/mol. The minimum absolute atomic E-state index is 0.140. The molecule has 1 saturated carbocycles. The van der Waals surface area contributed by atoms with E-state index in [9.17, 15) is 4.79 Å². The maximum absolute atomic E-state index is 12.0. The monoisotopic (exact) mass is 301 g/mol. The van der Waals surface area contributed by atoms with Crippen molar-refractivity contribution in [2.45, 2.75) is 70.1 Å². The fraction of sp³-hybridized carbons (Fsp3) is 0.938. The maximum atomic E-state index is 12.0. The Bertz CT molecular complexity index is 292. The molecule has 0 aliphatic heterocycles. The second-order valence-corrected chi connectivity index (χ2v) is 7.72. The molecule has 0 aromatic rings. The van der Waals surface area contributed by atoms with Crippen molar-refractivity contribution in [2.75, 3.05) is 19.4 Å². The Hall–Kier alpha value is -0.220. The van der Waals surface area contributed by atoms with Crippen molar-refractivity contribution in [3.8, 4) is 0 Å². The first-order chi connectivity index (χ1) is 9.51. The van der Waals surface area contributed by atoms with Gasteiger partial charge in [0.1, 0.15) is 5.54 Å². The first-order valence-electron chi connectivity index (χ1n) is 7.97. The van der Waals surface area contributed by atoms with Crippen molar-refractivity contribution < 1.29 is 9.53 Å². The summed E-state index contributed by atoms with van der Waals surface area (Å²) < 4.78 is 4.98. The van der Waals surface area contributed by atoms with E-state index in [0.29, 0.717) is 5.25 Å². The number of thioether (sulfide) groups is 1. The molecule has 0 bridgehead atoms. The van der Waals surface area contributed by atoms with E-state index in [-0.39, 0.29) is 5.97 Å². The summed E-state index contributed by atoms with van der Waals surface area (Å²) in [4.78, 5) is 12.0. The first-order valence-corrected chi connectivity index (χ1v) is 9.01. The lowest BCUT2D eigenvalue weighted by molar-refractivity contribution is -0.148. The number of rotatable bonds is 9. The summed E-state index contributed by atoms with van der Waals surface area (Å²) >= 11 is 2.01. The molecule has 118 valence electrons. The van der Waals surface area contributed by atoms with Crippen LogP contribution in [-0.4, -0.2) is 36.2 Å². The van der Waals surface area contributed by atoms with Crippen molar-refractivity contribution in [1.29, 1.82) is 0 Å². The number of nitrogens with one attached hydrogen (secondary N) is 1. The van der Waals surface area contributed by atoms with Crippen LogP contribution in [0.25, 0.3) is 0 Å². The number of carbonyl (C=O) groups excluding carboxylic acids is 1. The van der Waals surface area contributed by atoms with Crippen LogP contribution in [0, 0.1) is 5.92 Å². The second-order valence-electron chi connectivity index (χ2n) is 6.25. The molecule has 1 rings (SSSR count). The summed E-state index contributed by atoms with van der Waals surface area (Å²) in [6, 6.07) is 0. The van der Waals surface area contributed by atoms with E-state index in [1.807, 2.05) is 18.7 Å². The molecule has 0 aromatic carbocycles. The molecule has 2 atom stereocenters. The Morgan fingerprint density at radius 2 is 2.10 bits per heavy atom. The van der Waals surface area contributed by atoms with Gasteiger partial charge in [-0.2, -0.15) is 11.8 Å². The van der Waals surface area contributed by atoms with Gasteiger partial charge in [-0.05, 0) is 50.8 Å². The Morgan fingerprint density at radius 3 is 2.65 bits per heavy atom. The third-order valence-corrected chi connectivity index (χ3v) is 5.59. The average molecular weight is 301 g/mol. The van der Waals surface area contributed by atoms with Gasteiger partial charge in [0.25, 0.3) is 0 Å². The van der Waals surface area contributed by atoms with Crippen LogP contribution in [0.5, 0.6) is 0 Å². The van der Waals surface area contributed by atoms with Gasteiger partial charge in [-0.1, -0.05) is 26.7 Å². The van der Waals surface area contributed by atoms with Gasteiger partial charge in [-0.25, -0.2) is 0 Å². The normalized spacial score (nSPS) is 20.6. The van der Waals surface area contributed by atoms with Crippen LogP contribution in [0.2, 0.25) is 0 Å². The second kappa shape index (κ2) is 8.93. The van der Waals surface area contributed by atoms with E-state index in [0.717, 1.165) is 25.3 Å². The highest BCUT2D eigenvalue weighted by Gasteiger charge is 2.35. The van der Waals surface area contributed by atoms with E-state index in [2.05, 4.69) is 19.2 Å². The molecule has 0 radical (unpaired) electrons. The fourth-order valence-corrected chi connectivity index (χ4v) is 4.35. The minimum Gasteiger partial charge on any atom is -0.468 e. The molecule has 1 aliphatic carbocycles. The highest BCUT2D eigenvalue weighted by Crippen LogP contribution is 2.31. The van der Waals surface area contributed by atoms with Gasteiger partial charge in [0.15, 0.2) is 0 Å². The highest BCUT2D eigenvalue weighted by molar-refractivity contribution is 7.99. The third-order valence-electron chi connectivity index (χ3n) is 4.19. The number of ether oxygens (including phenoxy) is 1. The van der Waals surface area contributed by atoms with E-state index in [4.69, 9.17) is 4.74 Å². The SMILES string of the molecule is CCCNC(C)(CC(C)SCC1CCCC1)C(=O)OC. The van der Waals surface area contributed by atoms with Crippen molar-refractivity contribution in [2.24, 2.45) is 5.92 Å². The summed E-state index contributed by atoms with van der Waals surface area (Å²) in [7, 11) is 1.48. The van der Waals surface area contributed by atoms with Crippen molar-refractivity contribution in [3.63, 3.8) is 0 Å². The van der Waals surface area contributed by atoms with E-state index in [1.165, 1.54) is 38.5 Å². The highest BCUT2D eigenvalue weighted by atomic mass is 32.2. The van der Waals surface area contributed by atoms with Gasteiger partial charge in [0.2, 0.25) is 0 Å². The number of methoxy groups -OCH3 is 1. The Kier molecular flexibility index (Phi) is 7.96. The van der Waals surface area contributed by atoms with E-state index in [1.54, 1.807) is 0 Å². The van der Waals surface area contributed by atoms with E-state index >= 15 is 0 Å². The molecule has 0 saturated heterocycles. The molecule has 0 heterocycles. The summed E-state index contributed by atoms with van der Waals surface area (Å²) in [5, 5.41) is 3.84. The van der Waals surface area contributed by atoms with Crippen LogP contribution < -0.4 is 5.32 Å². The van der Waals surface area contributed by atoms with Gasteiger partial charge >= 0.3 is 5.97 Å². The summed E-state index contributed by atoms with van der Waals surface area (Å²) in [5.74, 6) is 2.00. The average Bonchev–Trinajstić information content (AvgIpc) is 2.95. The predicted octanol–water partition coefficient (Wildman–Crippen LogP) is 3.62. The zero-order valence-electron chi connectivity index (χ0n) is 13.5. The zero-order chi connectivity index (χ0) is 15.0. The van der Waals surface area contributed by atoms with Crippen LogP contribution in [-0.2, 0) is 9.53 Å². The van der Waals surface area contributed by atoms with Crippen LogP contribution in [0.15, 0.2) is 0 Å². The molecule has 1 fully saturated rings. The topological polar surface area (TPSA) is 38.3 Å². The molecule has 4 heteroatoms. The van der Waals surface area contributed by atoms with Crippen LogP contribution >= 0.6 is 11.8 Å². The molecule has 1 N–H and O–H groups in total. The minimum atomic E-state index is -0.549. The van der Waals surface area contributed by atoms with Gasteiger partial charge in [0.05, 0.1) is 7.11 Å². The van der Waals surface area contributed by atoms with E-state index < -0.39 is 5.54 Å². The Morgan fingerprint density at radius 1 is 1.45 bits per heavy atom. The number of hydrogen-bond donors (Lipinski definition) is 1. The van der Waals surface area contributed by atoms with Gasteiger partial charge in [-0.3, -0.25) is 4.79 Å². The molecule has 0 amide bonds. The summed E-state index contributed by atoms with van der Waals surface area (Å²) in [6.45, 7) is 7.17. The number of esters is 1. The van der Waals surface area contributed by atoms with Crippen LogP contribution in [0.3, 0.4) is 0 Å². The molecule has 3 nitrogen and oxygen atoms in total. The van der Waals surface area contributed by atoms with Gasteiger partial charge in [0, 0.05) is 5.25 Å². The lowest BCUT2D eigenvalue weighted by Gasteiger charge is -2.30. The molecule has 0 aromatic heterocycles. The number of carbonyl (C=O) groups is 1. The third kappa shape index (κ3) is 5.65. The largest absolute Gasteiger partial charge is 0.468 e. The lowest BCUT2D eigenvalue weighted by Crippen LogP contribution is -2.51. The van der Waals surface area contributed by atoms with Gasteiger partial charge in [-0.15, -0.1) is 0 Å². The zero-order valence-corrected chi connectivity index (χ0v) is 14.4. The predicted molar refractivity (Wildman–Crippen MR) is 87.2 cm³/mol. The van der Waals surface area contributed by atoms with Crippen molar-refractivity contribution >= 4 is 17.7 Å². The first kappa shape index (κ1) is 17.8. The van der Waals surface area contributed by atoms with Crippen molar-refractivity contribution in [3.05, 3.63) is 0 Å². The van der Waals surface area contributed by atoms with Crippen LogP contribution in [0.4, 0.5) is 0 Å². The summed E-state index contributed by atoms with van der Waals surface area (Å²) in [5.41, 5.74) is -0.549. The fourth-order valence-electron chi connectivity index (χ4n) is 2.97. The molecular formula is C16H31NO2S. The Balaban J connectivity index is 2.43. The summed E-state index contributed by atoms with van der Waals surface area (Å²) in [6.07, 6.45) is 7.44. The molecule has 2 unspecified atom stereocenters. The molecule has 20 heavy (non-hydrogen) atoms. The van der Waals surface area contributed by atoms with Gasteiger partial charge < -0.3 is 10.1 Å². The smallest absolute Gasteiger partial charge is 0.325 e. The maximum Gasteiger partial charge on any atom is 0.325 e. The lowest BCUT2D eigenvalue weighted by atomic mass is 9.96. The Labute approximate surface area is 128 Å². The van der Waals surface area contributed by atoms with Crippen molar-refractivity contribution in [1.82, 2.24) is 5.32 Å². The quantitative estimate of drug-likeness (QED) is 0.660. The number of hydrogen-bond acceptors (Lipinski definition) is 4. The van der Waals surface area contributed by atoms with Crippen LogP contribution in [0.1, 0.15) is 59.3 Å².